The second-order valence-electron chi connectivity index (χ2n) is 10.2. The number of anilines is 2. The van der Waals surface area contributed by atoms with E-state index in [0.717, 1.165) is 19.5 Å². The molecule has 0 spiro atoms. The second kappa shape index (κ2) is 13.1. The standard InChI is InChI=1S/C20H21N3O3.C9H15O2.Ni/c1-3-16-12-19(20(23(25)26)13-17(16)14-24)22-10-8-21(9-11-22)18-7-5-4-6-15(18)2;1-9(2)10-7-5-3-4-6-8(7)11-9;/h4-7,12-13H,1,3,8-11H2,2H3;5,7-8H,3-4,6H2,1-2H3;/q-2;-1;+3/t;7-,8+;/m.1./s1. The molecule has 0 N–H and O–H groups in total. The Morgan fingerprint density at radius 2 is 1.79 bits per heavy atom. The summed E-state index contributed by atoms with van der Waals surface area (Å²) in [5, 5.41) is 11.5. The van der Waals surface area contributed by atoms with E-state index in [-0.39, 0.29) is 39.6 Å². The molecule has 3 fully saturated rings. The Bertz CT molecular complexity index is 1100. The Hall–Kier alpha value is -2.48. The van der Waals surface area contributed by atoms with Crippen LogP contribution in [0.15, 0.2) is 36.4 Å². The van der Waals surface area contributed by atoms with Crippen LogP contribution in [0.25, 0.3) is 0 Å². The van der Waals surface area contributed by atoms with Crippen molar-refractivity contribution in [2.45, 2.75) is 64.4 Å². The fourth-order valence-electron chi connectivity index (χ4n) is 5.32. The van der Waals surface area contributed by atoms with Crippen molar-refractivity contribution in [1.82, 2.24) is 0 Å². The Morgan fingerprint density at radius 3 is 2.37 bits per heavy atom. The van der Waals surface area contributed by atoms with Gasteiger partial charge >= 0.3 is 16.5 Å². The van der Waals surface area contributed by atoms with E-state index in [2.05, 4.69) is 37.3 Å². The number of fused-ring (bicyclic) bond motifs is 1. The summed E-state index contributed by atoms with van der Waals surface area (Å²) in [4.78, 5) is 26.5. The molecule has 5 rings (SSSR count). The van der Waals surface area contributed by atoms with Crippen LogP contribution in [-0.4, -0.2) is 55.4 Å². The van der Waals surface area contributed by atoms with Gasteiger partial charge in [-0.05, 0) is 44.9 Å². The summed E-state index contributed by atoms with van der Waals surface area (Å²) >= 11 is 0. The van der Waals surface area contributed by atoms with Crippen molar-refractivity contribution in [3.63, 3.8) is 0 Å². The number of benzene rings is 2. The number of nitro groups is 1. The molecule has 0 aromatic heterocycles. The maximum Gasteiger partial charge on any atom is 3.00 e. The SMILES string of the molecule is CC1(C)O[C@H]2CCC[CH-][C@H]2O1.[CH2-]Cc1cc(N2CCN(c3ccccc3C)CC2)c([N+](=O)[O-])cc1[C-]=O.[Ni+3]. The molecule has 2 aromatic carbocycles. The predicted octanol–water partition coefficient (Wildman–Crippen LogP) is 4.96. The smallest absolute Gasteiger partial charge is 0.377 e. The summed E-state index contributed by atoms with van der Waals surface area (Å²) in [5.41, 5.74) is 3.82. The van der Waals surface area contributed by atoms with Crippen LogP contribution in [0, 0.1) is 30.4 Å². The van der Waals surface area contributed by atoms with Gasteiger partial charge in [0.25, 0.3) is 0 Å². The van der Waals surface area contributed by atoms with Gasteiger partial charge in [0, 0.05) is 31.9 Å². The Labute approximate surface area is 235 Å². The van der Waals surface area contributed by atoms with E-state index in [9.17, 15) is 14.9 Å². The van der Waals surface area contributed by atoms with E-state index in [4.69, 9.17) is 9.47 Å². The molecule has 8 nitrogen and oxygen atoms in total. The van der Waals surface area contributed by atoms with Gasteiger partial charge in [-0.1, -0.05) is 36.8 Å². The van der Waals surface area contributed by atoms with Gasteiger partial charge in [0.1, 0.15) is 0 Å². The summed E-state index contributed by atoms with van der Waals surface area (Å²) in [6, 6.07) is 11.3. The minimum absolute atomic E-state index is 0. The number of carbonyl (C=O) groups excluding carboxylic acids is 1. The van der Waals surface area contributed by atoms with E-state index in [1.165, 1.54) is 30.2 Å². The number of nitro benzene ring substituents is 1. The van der Waals surface area contributed by atoms with Crippen LogP contribution in [0.5, 0.6) is 0 Å². The number of rotatable bonds is 5. The molecule has 38 heavy (non-hydrogen) atoms. The van der Waals surface area contributed by atoms with Crippen LogP contribution in [0.2, 0.25) is 0 Å². The van der Waals surface area contributed by atoms with Crippen LogP contribution in [-0.2, 0) is 37.2 Å². The Kier molecular flexibility index (Phi) is 10.3. The molecule has 2 saturated heterocycles. The normalized spacial score (nSPS) is 22.0. The monoisotopic (exact) mass is 564 g/mol. The van der Waals surface area contributed by atoms with Crippen molar-refractivity contribution in [2.75, 3.05) is 36.0 Å². The largest absolute Gasteiger partial charge is 3.00 e. The maximum atomic E-state index is 11.5. The summed E-state index contributed by atoms with van der Waals surface area (Å²) in [6.45, 7) is 12.8. The fourth-order valence-corrected chi connectivity index (χ4v) is 5.32. The van der Waals surface area contributed by atoms with Crippen LogP contribution in [0.3, 0.4) is 0 Å². The topological polar surface area (TPSA) is 85.2 Å². The first-order valence-electron chi connectivity index (χ1n) is 13.0. The predicted molar refractivity (Wildman–Crippen MR) is 145 cm³/mol. The first-order valence-corrected chi connectivity index (χ1v) is 13.0. The van der Waals surface area contributed by atoms with Gasteiger partial charge in [0.2, 0.25) is 5.69 Å². The van der Waals surface area contributed by atoms with Gasteiger partial charge in [0.15, 0.2) is 5.79 Å². The van der Waals surface area contributed by atoms with Crippen LogP contribution in [0.4, 0.5) is 17.1 Å². The maximum absolute atomic E-state index is 11.5. The summed E-state index contributed by atoms with van der Waals surface area (Å²) in [5.74, 6) is -0.351. The first kappa shape index (κ1) is 30.1. The zero-order valence-electron chi connectivity index (χ0n) is 22.3. The second-order valence-corrected chi connectivity index (χ2v) is 10.2. The summed E-state index contributed by atoms with van der Waals surface area (Å²) < 4.78 is 11.4. The molecule has 2 aromatic rings. The molecule has 1 aliphatic carbocycles. The van der Waals surface area contributed by atoms with Crippen molar-refractivity contribution in [2.24, 2.45) is 0 Å². The molecule has 0 unspecified atom stereocenters. The molecule has 3 aliphatic rings. The molecule has 9 heteroatoms. The molecule has 1 radical (unpaired) electrons. The molecule has 207 valence electrons. The zero-order chi connectivity index (χ0) is 26.6. The van der Waals surface area contributed by atoms with Crippen molar-refractivity contribution in [3.8, 4) is 0 Å². The van der Waals surface area contributed by atoms with Crippen LogP contribution >= 0.6 is 0 Å². The van der Waals surface area contributed by atoms with Crippen molar-refractivity contribution in [3.05, 3.63) is 76.5 Å². The zero-order valence-corrected chi connectivity index (χ0v) is 23.2. The van der Waals surface area contributed by atoms with E-state index >= 15 is 0 Å². The van der Waals surface area contributed by atoms with E-state index in [0.29, 0.717) is 36.9 Å². The Morgan fingerprint density at radius 1 is 1.13 bits per heavy atom. The van der Waals surface area contributed by atoms with Gasteiger partial charge < -0.3 is 31.0 Å². The first-order chi connectivity index (χ1) is 17.7. The number of hydrogen-bond donors (Lipinski definition) is 0. The number of ether oxygens (including phenoxy) is 2. The number of piperazine rings is 1. The quantitative estimate of drug-likeness (QED) is 0.220. The molecule has 0 amide bonds. The van der Waals surface area contributed by atoms with Gasteiger partial charge in [-0.15, -0.1) is 5.56 Å². The summed E-state index contributed by atoms with van der Waals surface area (Å²) in [7, 11) is 0. The minimum atomic E-state index is -0.434. The third-order valence-electron chi connectivity index (χ3n) is 7.17. The molecule has 2 aliphatic heterocycles. The number of aryl methyl sites for hydroxylation is 1. The molecule has 2 heterocycles. The van der Waals surface area contributed by atoms with Crippen LogP contribution in [0.1, 0.15) is 49.8 Å². The van der Waals surface area contributed by atoms with Crippen molar-refractivity contribution >= 4 is 23.3 Å². The van der Waals surface area contributed by atoms with E-state index in [1.54, 1.807) is 12.4 Å². The number of hydrogen-bond acceptors (Lipinski definition) is 7. The Balaban J connectivity index is 0.000000278. The molecule has 0 bridgehead atoms. The van der Waals surface area contributed by atoms with Crippen molar-refractivity contribution < 1.29 is 35.7 Å². The van der Waals surface area contributed by atoms with Gasteiger partial charge in [-0.2, -0.15) is 12.0 Å². The van der Waals surface area contributed by atoms with Gasteiger partial charge in [-0.25, -0.2) is 6.42 Å². The fraction of sp³-hybridized carbons (Fsp3) is 0.483. The van der Waals surface area contributed by atoms with E-state index < -0.39 is 4.92 Å². The molecule has 1 saturated carbocycles. The number of nitrogens with zero attached hydrogens (tertiary/aromatic N) is 3. The van der Waals surface area contributed by atoms with E-state index in [1.807, 2.05) is 30.9 Å². The average Bonchev–Trinajstić information content (AvgIpc) is 3.22. The van der Waals surface area contributed by atoms with Crippen molar-refractivity contribution in [1.29, 1.82) is 0 Å². The molecule has 2 atom stereocenters. The third kappa shape index (κ3) is 6.93. The minimum Gasteiger partial charge on any atom is -0.377 e. The van der Waals surface area contributed by atoms with Gasteiger partial charge in [0.05, 0.1) is 23.0 Å². The van der Waals surface area contributed by atoms with Gasteiger partial charge in [-0.3, -0.25) is 16.5 Å². The third-order valence-corrected chi connectivity index (χ3v) is 7.17. The number of para-hydroxylation sites is 1. The van der Waals surface area contributed by atoms with Crippen LogP contribution < -0.4 is 9.80 Å². The average molecular weight is 565 g/mol. The molecular formula is C29H36N3NiO5. The molecular weight excluding hydrogens is 529 g/mol. The summed E-state index contributed by atoms with van der Waals surface area (Å²) in [6.07, 6.45) is 8.60.